The Morgan fingerprint density at radius 2 is 1.62 bits per heavy atom. The van der Waals surface area contributed by atoms with Gasteiger partial charge in [0.1, 0.15) is 0 Å². The van der Waals surface area contributed by atoms with E-state index in [9.17, 15) is 4.79 Å². The molecular formula is C25H29N3O. The van der Waals surface area contributed by atoms with E-state index >= 15 is 0 Å². The fourth-order valence-electron chi connectivity index (χ4n) is 4.44. The zero-order valence-electron chi connectivity index (χ0n) is 16.8. The first-order valence-electron chi connectivity index (χ1n) is 10.7. The number of nitrogens with zero attached hydrogens (tertiary/aromatic N) is 2. The van der Waals surface area contributed by atoms with Crippen molar-refractivity contribution in [3.05, 3.63) is 90.0 Å². The summed E-state index contributed by atoms with van der Waals surface area (Å²) in [6.07, 6.45) is 8.22. The van der Waals surface area contributed by atoms with Crippen LogP contribution < -0.4 is 0 Å². The third-order valence-corrected chi connectivity index (χ3v) is 6.09. The molecule has 1 aliphatic rings. The average Bonchev–Trinajstić information content (AvgIpc) is 3.33. The van der Waals surface area contributed by atoms with E-state index in [4.69, 9.17) is 0 Å². The summed E-state index contributed by atoms with van der Waals surface area (Å²) in [6, 6.07) is 21.3. The van der Waals surface area contributed by atoms with Crippen LogP contribution in [0.15, 0.2) is 73.2 Å². The van der Waals surface area contributed by atoms with Gasteiger partial charge in [-0.3, -0.25) is 4.79 Å². The number of likely N-dealkylation sites (tertiary alicyclic amines) is 1. The molecule has 1 amide bonds. The number of carbonyl (C=O) groups excluding carboxylic acids is 1. The summed E-state index contributed by atoms with van der Waals surface area (Å²) in [5.74, 6) is 1.14. The second-order valence-corrected chi connectivity index (χ2v) is 7.93. The highest BCUT2D eigenvalue weighted by atomic mass is 16.2. The Morgan fingerprint density at radius 3 is 2.17 bits per heavy atom. The third kappa shape index (κ3) is 4.94. The number of benzene rings is 2. The summed E-state index contributed by atoms with van der Waals surface area (Å²) < 4.78 is 0. The standard InChI is InChI=1S/C25H29N3O/c29-25(28-16-14-22(15-17-28)24-18-26-19-27-24)13-7-12-23(20-8-3-1-4-9-20)21-10-5-2-6-11-21/h1-6,8-11,18-19,22-23H,7,12-17H2,(H,26,27). The van der Waals surface area contributed by atoms with Crippen molar-refractivity contribution in [3.63, 3.8) is 0 Å². The zero-order chi connectivity index (χ0) is 19.9. The molecule has 0 bridgehead atoms. The summed E-state index contributed by atoms with van der Waals surface area (Å²) in [7, 11) is 0. The zero-order valence-corrected chi connectivity index (χ0v) is 16.8. The van der Waals surface area contributed by atoms with Crippen molar-refractivity contribution in [2.45, 2.75) is 43.9 Å². The van der Waals surface area contributed by atoms with Gasteiger partial charge < -0.3 is 9.88 Å². The average molecular weight is 388 g/mol. The van der Waals surface area contributed by atoms with E-state index in [1.54, 1.807) is 6.33 Å². The Balaban J connectivity index is 1.30. The molecule has 29 heavy (non-hydrogen) atoms. The van der Waals surface area contributed by atoms with Crippen LogP contribution in [0.4, 0.5) is 0 Å². The predicted octanol–water partition coefficient (Wildman–Crippen LogP) is 5.12. The molecule has 1 N–H and O–H groups in total. The molecule has 0 unspecified atom stereocenters. The highest BCUT2D eigenvalue weighted by Gasteiger charge is 2.24. The fraction of sp³-hybridized carbons (Fsp3) is 0.360. The predicted molar refractivity (Wildman–Crippen MR) is 116 cm³/mol. The van der Waals surface area contributed by atoms with Gasteiger partial charge in [-0.25, -0.2) is 4.98 Å². The minimum atomic E-state index is 0.299. The van der Waals surface area contributed by atoms with Crippen LogP contribution in [-0.4, -0.2) is 33.9 Å². The van der Waals surface area contributed by atoms with E-state index < -0.39 is 0 Å². The number of carbonyl (C=O) groups is 1. The number of nitrogens with one attached hydrogen (secondary N) is 1. The second kappa shape index (κ2) is 9.55. The van der Waals surface area contributed by atoms with E-state index in [-0.39, 0.29) is 0 Å². The first kappa shape index (κ1) is 19.4. The van der Waals surface area contributed by atoms with Gasteiger partial charge >= 0.3 is 0 Å². The van der Waals surface area contributed by atoms with Crippen molar-refractivity contribution in [1.29, 1.82) is 0 Å². The van der Waals surface area contributed by atoms with Crippen molar-refractivity contribution in [2.75, 3.05) is 13.1 Å². The van der Waals surface area contributed by atoms with Gasteiger partial charge in [-0.15, -0.1) is 0 Å². The van der Waals surface area contributed by atoms with Gasteiger partial charge in [0.05, 0.1) is 6.33 Å². The minimum absolute atomic E-state index is 0.299. The Kier molecular flexibility index (Phi) is 6.40. The van der Waals surface area contributed by atoms with Gasteiger partial charge in [-0.2, -0.15) is 0 Å². The molecule has 0 aliphatic carbocycles. The molecule has 1 saturated heterocycles. The lowest BCUT2D eigenvalue weighted by molar-refractivity contribution is -0.132. The number of rotatable bonds is 7. The SMILES string of the molecule is O=C(CCCC(c1ccccc1)c1ccccc1)N1CCC(c2cnc[nH]2)CC1. The summed E-state index contributed by atoms with van der Waals surface area (Å²) in [4.78, 5) is 22.1. The Morgan fingerprint density at radius 1 is 1.00 bits per heavy atom. The van der Waals surface area contributed by atoms with Gasteiger partial charge in [0.25, 0.3) is 0 Å². The summed E-state index contributed by atoms with van der Waals surface area (Å²) >= 11 is 0. The molecule has 150 valence electrons. The molecular weight excluding hydrogens is 358 g/mol. The van der Waals surface area contributed by atoms with Crippen molar-refractivity contribution < 1.29 is 4.79 Å². The van der Waals surface area contributed by atoms with Gasteiger partial charge in [-0.05, 0) is 36.8 Å². The van der Waals surface area contributed by atoms with E-state index in [0.717, 1.165) is 38.8 Å². The number of aromatic nitrogens is 2. The minimum Gasteiger partial charge on any atom is -0.348 e. The van der Waals surface area contributed by atoms with Crippen LogP contribution >= 0.6 is 0 Å². The lowest BCUT2D eigenvalue weighted by Gasteiger charge is -2.31. The van der Waals surface area contributed by atoms with Crippen molar-refractivity contribution in [3.8, 4) is 0 Å². The van der Waals surface area contributed by atoms with Crippen LogP contribution in [0.1, 0.15) is 60.8 Å². The summed E-state index contributed by atoms with van der Waals surface area (Å²) in [5, 5.41) is 0. The van der Waals surface area contributed by atoms with E-state index in [0.29, 0.717) is 24.2 Å². The Hall–Kier alpha value is -2.88. The van der Waals surface area contributed by atoms with Crippen LogP contribution in [0.25, 0.3) is 0 Å². The Labute approximate surface area is 173 Å². The van der Waals surface area contributed by atoms with Crippen molar-refractivity contribution in [1.82, 2.24) is 14.9 Å². The number of imidazole rings is 1. The largest absolute Gasteiger partial charge is 0.348 e. The normalized spacial score (nSPS) is 15.0. The number of piperidine rings is 1. The summed E-state index contributed by atoms with van der Waals surface area (Å²) in [6.45, 7) is 1.70. The lowest BCUT2D eigenvalue weighted by Crippen LogP contribution is -2.37. The highest BCUT2D eigenvalue weighted by Crippen LogP contribution is 2.30. The van der Waals surface area contributed by atoms with Crippen LogP contribution in [0, 0.1) is 0 Å². The smallest absolute Gasteiger partial charge is 0.222 e. The van der Waals surface area contributed by atoms with Gasteiger partial charge in [0.15, 0.2) is 0 Å². The van der Waals surface area contributed by atoms with E-state index in [2.05, 4.69) is 70.6 Å². The lowest BCUT2D eigenvalue weighted by atomic mass is 9.87. The van der Waals surface area contributed by atoms with Crippen LogP contribution in [-0.2, 0) is 4.79 Å². The van der Waals surface area contributed by atoms with Gasteiger partial charge in [-0.1, -0.05) is 60.7 Å². The van der Waals surface area contributed by atoms with E-state index in [1.807, 2.05) is 11.1 Å². The molecule has 2 heterocycles. The molecule has 0 atom stereocenters. The molecule has 4 nitrogen and oxygen atoms in total. The molecule has 1 fully saturated rings. The molecule has 2 aromatic carbocycles. The quantitative estimate of drug-likeness (QED) is 0.612. The molecule has 1 aliphatic heterocycles. The van der Waals surface area contributed by atoms with Gasteiger partial charge in [0.2, 0.25) is 5.91 Å². The molecule has 0 spiro atoms. The molecule has 4 heteroatoms. The molecule has 1 aromatic heterocycles. The number of amides is 1. The molecule has 0 saturated carbocycles. The first-order valence-corrected chi connectivity index (χ1v) is 10.7. The second-order valence-electron chi connectivity index (χ2n) is 7.93. The third-order valence-electron chi connectivity index (χ3n) is 6.09. The monoisotopic (exact) mass is 387 g/mol. The van der Waals surface area contributed by atoms with E-state index in [1.165, 1.54) is 16.8 Å². The number of hydrogen-bond acceptors (Lipinski definition) is 2. The van der Waals surface area contributed by atoms with Crippen LogP contribution in [0.2, 0.25) is 0 Å². The topological polar surface area (TPSA) is 49.0 Å². The number of H-pyrrole nitrogens is 1. The highest BCUT2D eigenvalue weighted by molar-refractivity contribution is 5.76. The van der Waals surface area contributed by atoms with Crippen LogP contribution in [0.3, 0.4) is 0 Å². The maximum absolute atomic E-state index is 12.8. The molecule has 4 rings (SSSR count). The Bertz CT molecular complexity index is 829. The number of hydrogen-bond donors (Lipinski definition) is 1. The molecule has 0 radical (unpaired) electrons. The summed E-state index contributed by atoms with van der Waals surface area (Å²) in [5.41, 5.74) is 3.85. The maximum Gasteiger partial charge on any atom is 0.222 e. The maximum atomic E-state index is 12.8. The van der Waals surface area contributed by atoms with Crippen molar-refractivity contribution >= 4 is 5.91 Å². The molecule has 3 aromatic rings. The van der Waals surface area contributed by atoms with Crippen LogP contribution in [0.5, 0.6) is 0 Å². The number of aromatic amines is 1. The van der Waals surface area contributed by atoms with Crippen molar-refractivity contribution in [2.24, 2.45) is 0 Å². The first-order chi connectivity index (χ1) is 14.3. The fourth-order valence-corrected chi connectivity index (χ4v) is 4.44. The van der Waals surface area contributed by atoms with Gasteiger partial charge in [0, 0.05) is 43.2 Å².